The molecule has 5 nitrogen and oxygen atoms in total. The van der Waals surface area contributed by atoms with Gasteiger partial charge in [-0.05, 0) is 23.3 Å². The molecular weight excluding hydrogens is 410 g/mol. The minimum atomic E-state index is -0.353. The lowest BCUT2D eigenvalue weighted by Gasteiger charge is -2.10. The molecule has 5 heteroatoms. The number of nitro groups is 1. The van der Waals surface area contributed by atoms with Crippen molar-refractivity contribution in [3.05, 3.63) is 125 Å². The predicted octanol–water partition coefficient (Wildman–Crippen LogP) is 7.05. The Morgan fingerprint density at radius 3 is 1.70 bits per heavy atom. The van der Waals surface area contributed by atoms with E-state index >= 15 is 0 Å². The molecule has 158 valence electrons. The van der Waals surface area contributed by atoms with Gasteiger partial charge in [0.2, 0.25) is 0 Å². The van der Waals surface area contributed by atoms with Gasteiger partial charge in [-0.2, -0.15) is 0 Å². The number of nitrogens with zero attached hydrogens (tertiary/aromatic N) is 3. The first-order chi connectivity index (χ1) is 16.2. The fraction of sp³-hybridized carbons (Fsp3) is 0. The van der Waals surface area contributed by atoms with Crippen molar-refractivity contribution in [3.8, 4) is 45.0 Å². The number of hydrogen-bond donors (Lipinski definition) is 0. The number of aromatic nitrogens is 2. The fourth-order valence-electron chi connectivity index (χ4n) is 3.77. The van der Waals surface area contributed by atoms with E-state index in [0.717, 1.165) is 22.3 Å². The van der Waals surface area contributed by atoms with E-state index in [0.29, 0.717) is 22.8 Å². The van der Waals surface area contributed by atoms with Gasteiger partial charge in [-0.15, -0.1) is 0 Å². The van der Waals surface area contributed by atoms with Gasteiger partial charge in [0.25, 0.3) is 5.69 Å². The summed E-state index contributed by atoms with van der Waals surface area (Å²) < 4.78 is 0. The van der Waals surface area contributed by atoms with E-state index in [-0.39, 0.29) is 10.6 Å². The third-order valence-electron chi connectivity index (χ3n) is 5.41. The van der Waals surface area contributed by atoms with E-state index in [1.165, 1.54) is 0 Å². The zero-order valence-electron chi connectivity index (χ0n) is 17.6. The molecule has 0 fully saturated rings. The molecule has 33 heavy (non-hydrogen) atoms. The van der Waals surface area contributed by atoms with Gasteiger partial charge in [0, 0.05) is 17.2 Å². The second kappa shape index (κ2) is 8.85. The highest BCUT2D eigenvalue weighted by Gasteiger charge is 2.20. The van der Waals surface area contributed by atoms with Crippen molar-refractivity contribution in [3.63, 3.8) is 0 Å². The van der Waals surface area contributed by atoms with Crippen LogP contribution in [0.3, 0.4) is 0 Å². The van der Waals surface area contributed by atoms with E-state index in [1.54, 1.807) is 12.1 Å². The molecule has 1 heterocycles. The zero-order valence-corrected chi connectivity index (χ0v) is 17.6. The van der Waals surface area contributed by atoms with Crippen molar-refractivity contribution >= 4 is 5.69 Å². The Balaban J connectivity index is 1.71. The minimum absolute atomic E-state index is 0.00748. The van der Waals surface area contributed by atoms with Gasteiger partial charge in [-0.3, -0.25) is 10.1 Å². The summed E-state index contributed by atoms with van der Waals surface area (Å²) in [5.41, 5.74) is 5.15. The highest BCUT2D eigenvalue weighted by molar-refractivity contribution is 5.80. The lowest BCUT2D eigenvalue weighted by Crippen LogP contribution is -1.99. The van der Waals surface area contributed by atoms with Crippen LogP contribution in [0.25, 0.3) is 45.0 Å². The number of benzene rings is 4. The van der Waals surface area contributed by atoms with Crippen LogP contribution in [0.1, 0.15) is 0 Å². The van der Waals surface area contributed by atoms with Crippen LogP contribution in [-0.4, -0.2) is 14.9 Å². The van der Waals surface area contributed by atoms with Crippen molar-refractivity contribution < 1.29 is 4.92 Å². The van der Waals surface area contributed by atoms with Gasteiger partial charge in [0.15, 0.2) is 5.82 Å². The van der Waals surface area contributed by atoms with Crippen LogP contribution in [0, 0.1) is 10.1 Å². The number of rotatable bonds is 5. The molecule has 5 aromatic rings. The van der Waals surface area contributed by atoms with Crippen LogP contribution < -0.4 is 0 Å². The maximum atomic E-state index is 12.1. The first-order valence-electron chi connectivity index (χ1n) is 10.5. The Kier molecular flexibility index (Phi) is 5.43. The van der Waals surface area contributed by atoms with E-state index in [9.17, 15) is 10.1 Å². The summed E-state index contributed by atoms with van der Waals surface area (Å²) in [4.78, 5) is 21.2. The first-order valence-corrected chi connectivity index (χ1v) is 10.5. The Labute approximate surface area is 191 Å². The molecule has 0 atom stereocenters. The summed E-state index contributed by atoms with van der Waals surface area (Å²) in [6.07, 6.45) is 0. The molecule has 0 radical (unpaired) electrons. The molecule has 0 saturated carbocycles. The van der Waals surface area contributed by atoms with Crippen LogP contribution in [0.5, 0.6) is 0 Å². The van der Waals surface area contributed by atoms with Gasteiger partial charge < -0.3 is 0 Å². The minimum Gasteiger partial charge on any atom is -0.258 e. The first kappa shape index (κ1) is 20.3. The largest absolute Gasteiger partial charge is 0.279 e. The second-order valence-electron chi connectivity index (χ2n) is 7.55. The Hall–Kier alpha value is -4.64. The Bertz CT molecular complexity index is 1360. The summed E-state index contributed by atoms with van der Waals surface area (Å²) >= 11 is 0. The van der Waals surface area contributed by atoms with Gasteiger partial charge >= 0.3 is 0 Å². The van der Waals surface area contributed by atoms with Gasteiger partial charge in [-0.1, -0.05) is 97.1 Å². The maximum absolute atomic E-state index is 12.1. The van der Waals surface area contributed by atoms with Crippen LogP contribution >= 0.6 is 0 Å². The molecule has 0 aliphatic heterocycles. The van der Waals surface area contributed by atoms with E-state index in [4.69, 9.17) is 9.97 Å². The third-order valence-corrected chi connectivity index (χ3v) is 5.41. The summed E-state index contributed by atoms with van der Waals surface area (Å²) in [7, 11) is 0. The summed E-state index contributed by atoms with van der Waals surface area (Å²) in [6.45, 7) is 0. The summed E-state index contributed by atoms with van der Waals surface area (Å²) in [5.74, 6) is 0.522. The quantitative estimate of drug-likeness (QED) is 0.222. The molecule has 0 amide bonds. The smallest absolute Gasteiger partial charge is 0.258 e. The van der Waals surface area contributed by atoms with E-state index in [2.05, 4.69) is 0 Å². The Morgan fingerprint density at radius 1 is 0.545 bits per heavy atom. The van der Waals surface area contributed by atoms with Crippen molar-refractivity contribution in [1.29, 1.82) is 0 Å². The standard InChI is InChI=1S/C28H19N3O2/c32-31(33)27-18-23(20-10-4-1-5-11-20)16-17-24(27)26-19-25(21-12-6-2-7-13-21)29-28(30-26)22-14-8-3-9-15-22/h1-19H. The molecule has 1 aromatic heterocycles. The number of hydrogen-bond acceptors (Lipinski definition) is 4. The molecular formula is C28H19N3O2. The highest BCUT2D eigenvalue weighted by Crippen LogP contribution is 2.35. The van der Waals surface area contributed by atoms with Crippen molar-refractivity contribution in [2.75, 3.05) is 0 Å². The topological polar surface area (TPSA) is 68.9 Å². The molecule has 0 saturated heterocycles. The normalized spacial score (nSPS) is 10.7. The summed E-state index contributed by atoms with van der Waals surface area (Å²) in [5, 5.41) is 12.1. The van der Waals surface area contributed by atoms with E-state index in [1.807, 2.05) is 103 Å². The fourth-order valence-corrected chi connectivity index (χ4v) is 3.77. The zero-order chi connectivity index (χ0) is 22.6. The molecule has 0 aliphatic rings. The van der Waals surface area contributed by atoms with Crippen LogP contribution in [0.4, 0.5) is 5.69 Å². The number of nitro benzene ring substituents is 1. The summed E-state index contributed by atoms with van der Waals surface area (Å²) in [6, 6.07) is 36.1. The molecule has 0 N–H and O–H groups in total. The highest BCUT2D eigenvalue weighted by atomic mass is 16.6. The van der Waals surface area contributed by atoms with Crippen LogP contribution in [-0.2, 0) is 0 Å². The van der Waals surface area contributed by atoms with Crippen LogP contribution in [0.15, 0.2) is 115 Å². The molecule has 0 aliphatic carbocycles. The molecule has 0 unspecified atom stereocenters. The van der Waals surface area contributed by atoms with Crippen molar-refractivity contribution in [2.24, 2.45) is 0 Å². The van der Waals surface area contributed by atoms with Crippen LogP contribution in [0.2, 0.25) is 0 Å². The average Bonchev–Trinajstić information content (AvgIpc) is 2.89. The lowest BCUT2D eigenvalue weighted by atomic mass is 10.00. The monoisotopic (exact) mass is 429 g/mol. The predicted molar refractivity (Wildman–Crippen MR) is 130 cm³/mol. The van der Waals surface area contributed by atoms with Gasteiger partial charge in [-0.25, -0.2) is 9.97 Å². The lowest BCUT2D eigenvalue weighted by molar-refractivity contribution is -0.384. The maximum Gasteiger partial charge on any atom is 0.279 e. The van der Waals surface area contributed by atoms with E-state index < -0.39 is 0 Å². The second-order valence-corrected chi connectivity index (χ2v) is 7.55. The average molecular weight is 429 g/mol. The van der Waals surface area contributed by atoms with Gasteiger partial charge in [0.05, 0.1) is 21.9 Å². The molecule has 0 bridgehead atoms. The SMILES string of the molecule is O=[N+]([O-])c1cc(-c2ccccc2)ccc1-c1cc(-c2ccccc2)nc(-c2ccccc2)n1. The molecule has 4 aromatic carbocycles. The van der Waals surface area contributed by atoms with Crippen molar-refractivity contribution in [1.82, 2.24) is 9.97 Å². The molecule has 0 spiro atoms. The third kappa shape index (κ3) is 4.25. The van der Waals surface area contributed by atoms with Crippen molar-refractivity contribution in [2.45, 2.75) is 0 Å². The Morgan fingerprint density at radius 2 is 1.09 bits per heavy atom. The van der Waals surface area contributed by atoms with Gasteiger partial charge in [0.1, 0.15) is 0 Å². The molecule has 5 rings (SSSR count).